The Labute approximate surface area is 123 Å². The van der Waals surface area contributed by atoms with Gasteiger partial charge < -0.3 is 10.1 Å². The Morgan fingerprint density at radius 3 is 2.55 bits per heavy atom. The number of fused-ring (bicyclic) bond motifs is 1. The summed E-state index contributed by atoms with van der Waals surface area (Å²) in [5.74, 6) is 1.03. The van der Waals surface area contributed by atoms with Crippen molar-refractivity contribution in [1.82, 2.24) is 10.2 Å². The molecule has 0 bridgehead atoms. The summed E-state index contributed by atoms with van der Waals surface area (Å²) in [4.78, 5) is 2.43. The van der Waals surface area contributed by atoms with E-state index in [1.807, 2.05) is 0 Å². The van der Waals surface area contributed by atoms with Crippen molar-refractivity contribution in [2.24, 2.45) is 0 Å². The lowest BCUT2D eigenvalue weighted by molar-refractivity contribution is 0.288. The van der Waals surface area contributed by atoms with Crippen LogP contribution in [0.2, 0.25) is 0 Å². The van der Waals surface area contributed by atoms with Crippen LogP contribution in [-0.4, -0.2) is 31.1 Å². The van der Waals surface area contributed by atoms with Gasteiger partial charge in [0.2, 0.25) is 0 Å². The molecule has 112 valence electrons. The van der Waals surface area contributed by atoms with Gasteiger partial charge in [0.05, 0.1) is 7.11 Å². The van der Waals surface area contributed by atoms with Crippen LogP contribution in [0.3, 0.4) is 0 Å². The number of nitrogens with zero attached hydrogens (tertiary/aromatic N) is 1. The van der Waals surface area contributed by atoms with Gasteiger partial charge in [0.15, 0.2) is 0 Å². The molecule has 0 aromatic heterocycles. The number of rotatable bonds is 6. The molecular formula is C17H28N2O. The molecule has 1 heterocycles. The molecule has 0 amide bonds. The topological polar surface area (TPSA) is 24.5 Å². The molecule has 0 aliphatic carbocycles. The van der Waals surface area contributed by atoms with E-state index < -0.39 is 0 Å². The summed E-state index contributed by atoms with van der Waals surface area (Å²) < 4.78 is 5.60. The predicted octanol–water partition coefficient (Wildman–Crippen LogP) is 2.96. The van der Waals surface area contributed by atoms with Gasteiger partial charge in [-0.05, 0) is 43.1 Å². The third-order valence-electron chi connectivity index (χ3n) is 4.43. The Hall–Kier alpha value is -1.06. The van der Waals surface area contributed by atoms with Crippen molar-refractivity contribution in [3.63, 3.8) is 0 Å². The van der Waals surface area contributed by atoms with Gasteiger partial charge in [-0.15, -0.1) is 0 Å². The number of hydrogen-bond acceptors (Lipinski definition) is 3. The van der Waals surface area contributed by atoms with Gasteiger partial charge in [0.1, 0.15) is 5.75 Å². The zero-order valence-corrected chi connectivity index (χ0v) is 13.3. The zero-order valence-electron chi connectivity index (χ0n) is 13.3. The zero-order chi connectivity index (χ0) is 14.5. The minimum absolute atomic E-state index is 0.622. The highest BCUT2D eigenvalue weighted by Gasteiger charge is 2.19. The molecular weight excluding hydrogens is 248 g/mol. The van der Waals surface area contributed by atoms with E-state index in [4.69, 9.17) is 4.74 Å². The van der Waals surface area contributed by atoms with E-state index in [0.29, 0.717) is 6.04 Å². The summed E-state index contributed by atoms with van der Waals surface area (Å²) in [7, 11) is 1.78. The van der Waals surface area contributed by atoms with E-state index in [0.717, 1.165) is 38.3 Å². The minimum Gasteiger partial charge on any atom is -0.496 e. The summed E-state index contributed by atoms with van der Waals surface area (Å²) in [6.45, 7) is 10.8. The van der Waals surface area contributed by atoms with Crippen molar-refractivity contribution in [2.45, 2.75) is 52.7 Å². The van der Waals surface area contributed by atoms with Crippen molar-refractivity contribution in [3.8, 4) is 5.75 Å². The lowest BCUT2D eigenvalue weighted by Gasteiger charge is -2.27. The number of hydrogen-bond donors (Lipinski definition) is 1. The first-order valence-electron chi connectivity index (χ1n) is 7.86. The molecule has 2 rings (SSSR count). The van der Waals surface area contributed by atoms with Gasteiger partial charge in [-0.2, -0.15) is 0 Å². The molecule has 1 unspecified atom stereocenters. The van der Waals surface area contributed by atoms with Crippen molar-refractivity contribution in [3.05, 3.63) is 28.8 Å². The largest absolute Gasteiger partial charge is 0.496 e. The molecule has 20 heavy (non-hydrogen) atoms. The highest BCUT2D eigenvalue weighted by atomic mass is 16.5. The maximum atomic E-state index is 5.60. The van der Waals surface area contributed by atoms with Crippen LogP contribution in [0.5, 0.6) is 5.75 Å². The van der Waals surface area contributed by atoms with Gasteiger partial charge in [-0.25, -0.2) is 0 Å². The number of benzene rings is 1. The first-order chi connectivity index (χ1) is 9.71. The van der Waals surface area contributed by atoms with Crippen LogP contribution in [-0.2, 0) is 19.5 Å². The highest BCUT2D eigenvalue weighted by Crippen LogP contribution is 2.28. The highest BCUT2D eigenvalue weighted by molar-refractivity contribution is 5.44. The predicted molar refractivity (Wildman–Crippen MR) is 84.2 cm³/mol. The Bertz CT molecular complexity index is 441. The van der Waals surface area contributed by atoms with Crippen LogP contribution in [0, 0.1) is 0 Å². The Kier molecular flexibility index (Phi) is 5.44. The number of ether oxygens (including phenoxy) is 1. The quantitative estimate of drug-likeness (QED) is 0.864. The van der Waals surface area contributed by atoms with Gasteiger partial charge in [-0.1, -0.05) is 26.8 Å². The summed E-state index contributed by atoms with van der Waals surface area (Å²) in [6.07, 6.45) is 2.33. The number of methoxy groups -OCH3 is 1. The average Bonchev–Trinajstić information content (AvgIpc) is 2.50. The fourth-order valence-electron chi connectivity index (χ4n) is 2.95. The smallest absolute Gasteiger partial charge is 0.123 e. The van der Waals surface area contributed by atoms with Crippen molar-refractivity contribution in [2.75, 3.05) is 20.2 Å². The first kappa shape index (κ1) is 15.3. The third-order valence-corrected chi connectivity index (χ3v) is 4.43. The van der Waals surface area contributed by atoms with E-state index >= 15 is 0 Å². The second-order valence-electron chi connectivity index (χ2n) is 5.58. The lowest BCUT2D eigenvalue weighted by Crippen LogP contribution is -2.35. The molecule has 1 aromatic carbocycles. The molecule has 0 spiro atoms. The summed E-state index contributed by atoms with van der Waals surface area (Å²) >= 11 is 0. The van der Waals surface area contributed by atoms with E-state index in [1.165, 1.54) is 23.1 Å². The van der Waals surface area contributed by atoms with Crippen molar-refractivity contribution < 1.29 is 4.74 Å². The normalized spacial score (nSPS) is 18.1. The fraction of sp³-hybridized carbons (Fsp3) is 0.647. The molecule has 1 N–H and O–H groups in total. The van der Waals surface area contributed by atoms with Crippen LogP contribution >= 0.6 is 0 Å². The monoisotopic (exact) mass is 276 g/mol. The molecule has 0 saturated heterocycles. The number of nitrogens with one attached hydrogen (secondary N) is 1. The molecule has 0 saturated carbocycles. The SMILES string of the molecule is CCC1Cc2cc(CN(CC)CC)c(OC)cc2CN1. The Balaban J connectivity index is 2.27. The van der Waals surface area contributed by atoms with E-state index in [1.54, 1.807) is 7.11 Å². The first-order valence-corrected chi connectivity index (χ1v) is 7.86. The second kappa shape index (κ2) is 7.09. The Morgan fingerprint density at radius 2 is 1.95 bits per heavy atom. The van der Waals surface area contributed by atoms with Crippen molar-refractivity contribution in [1.29, 1.82) is 0 Å². The summed E-state index contributed by atoms with van der Waals surface area (Å²) in [5.41, 5.74) is 4.22. The fourth-order valence-corrected chi connectivity index (χ4v) is 2.95. The van der Waals surface area contributed by atoms with Crippen LogP contribution in [0.15, 0.2) is 12.1 Å². The molecule has 0 fully saturated rings. The molecule has 1 aliphatic rings. The molecule has 1 atom stereocenters. The average molecular weight is 276 g/mol. The van der Waals surface area contributed by atoms with Crippen molar-refractivity contribution >= 4 is 0 Å². The summed E-state index contributed by atoms with van der Waals surface area (Å²) in [5, 5.41) is 3.59. The maximum Gasteiger partial charge on any atom is 0.123 e. The molecule has 1 aliphatic heterocycles. The van der Waals surface area contributed by atoms with E-state index in [9.17, 15) is 0 Å². The maximum absolute atomic E-state index is 5.60. The van der Waals surface area contributed by atoms with Crippen LogP contribution in [0.25, 0.3) is 0 Å². The van der Waals surface area contributed by atoms with Gasteiger partial charge >= 0.3 is 0 Å². The lowest BCUT2D eigenvalue weighted by atomic mass is 9.92. The molecule has 3 nitrogen and oxygen atoms in total. The summed E-state index contributed by atoms with van der Waals surface area (Å²) in [6, 6.07) is 5.22. The van der Waals surface area contributed by atoms with Crippen LogP contribution < -0.4 is 10.1 Å². The van der Waals surface area contributed by atoms with Gasteiger partial charge in [0.25, 0.3) is 0 Å². The van der Waals surface area contributed by atoms with Gasteiger partial charge in [0, 0.05) is 24.7 Å². The molecule has 1 aromatic rings. The third kappa shape index (κ3) is 3.33. The van der Waals surface area contributed by atoms with Crippen LogP contribution in [0.4, 0.5) is 0 Å². The molecule has 3 heteroatoms. The van der Waals surface area contributed by atoms with Gasteiger partial charge in [-0.3, -0.25) is 4.90 Å². The van der Waals surface area contributed by atoms with E-state index in [2.05, 4.69) is 43.1 Å². The van der Waals surface area contributed by atoms with E-state index in [-0.39, 0.29) is 0 Å². The standard InChI is InChI=1S/C17H28N2O/c1-5-16-9-13-8-15(12-19(6-2)7-3)17(20-4)10-14(13)11-18-16/h8,10,16,18H,5-7,9,11-12H2,1-4H3. The second-order valence-corrected chi connectivity index (χ2v) is 5.58. The minimum atomic E-state index is 0.622. The molecule has 0 radical (unpaired) electrons. The van der Waals surface area contributed by atoms with Crippen LogP contribution in [0.1, 0.15) is 43.9 Å². The Morgan fingerprint density at radius 1 is 1.20 bits per heavy atom.